The van der Waals surface area contributed by atoms with Gasteiger partial charge in [0.05, 0.1) is 21.9 Å². The summed E-state index contributed by atoms with van der Waals surface area (Å²) < 4.78 is 18.2. The molecule has 0 unspecified atom stereocenters. The summed E-state index contributed by atoms with van der Waals surface area (Å²) in [5.74, 6) is -1.24. The molecule has 0 aliphatic carbocycles. The number of benzene rings is 1. The van der Waals surface area contributed by atoms with Crippen molar-refractivity contribution >= 4 is 50.8 Å². The monoisotopic (exact) mass is 457 g/mol. The van der Waals surface area contributed by atoms with Crippen LogP contribution in [0.5, 0.6) is 0 Å². The van der Waals surface area contributed by atoms with Gasteiger partial charge in [0.2, 0.25) is 5.82 Å². The van der Waals surface area contributed by atoms with Crippen LogP contribution in [0.2, 0.25) is 5.15 Å². The third-order valence-electron chi connectivity index (χ3n) is 3.39. The van der Waals surface area contributed by atoms with Gasteiger partial charge in [-0.1, -0.05) is 11.6 Å². The van der Waals surface area contributed by atoms with E-state index in [2.05, 4.69) is 46.1 Å². The van der Waals surface area contributed by atoms with Crippen molar-refractivity contribution in [2.24, 2.45) is 4.99 Å². The average molecular weight is 459 g/mol. The zero-order valence-corrected chi connectivity index (χ0v) is 15.8. The van der Waals surface area contributed by atoms with Gasteiger partial charge >= 0.3 is 0 Å². The van der Waals surface area contributed by atoms with Crippen molar-refractivity contribution in [3.05, 3.63) is 51.1 Å². The molecule has 0 radical (unpaired) electrons. The van der Waals surface area contributed by atoms with Crippen LogP contribution in [-0.2, 0) is 0 Å². The van der Waals surface area contributed by atoms with Crippen molar-refractivity contribution in [2.45, 2.75) is 0 Å². The Morgan fingerprint density at radius 1 is 1.48 bits per heavy atom. The second-order valence-corrected chi connectivity index (χ2v) is 6.30. The number of carbonyl (C=O) groups is 1. The number of aliphatic imine (C=N–C) groups is 1. The molecule has 0 aliphatic rings. The zero-order valence-electron chi connectivity index (χ0n) is 13.4. The number of hydrogen-bond donors (Lipinski definition) is 3. The topological polar surface area (TPSA) is 133 Å². The van der Waals surface area contributed by atoms with E-state index >= 15 is 0 Å². The first-order valence-corrected chi connectivity index (χ1v) is 8.33. The Morgan fingerprint density at radius 2 is 2.26 bits per heavy atom. The van der Waals surface area contributed by atoms with Gasteiger partial charge in [-0.2, -0.15) is 5.10 Å². The molecule has 3 aromatic rings. The van der Waals surface area contributed by atoms with E-state index in [1.54, 1.807) is 0 Å². The molecule has 0 spiro atoms. The standard InChI is InChI=1S/C14H10BrClFN7O3/c1-24(14(25)7-5-18-20-11(7)16)13-10(22-27-23-13)12(21-26)19-6-2-3-9(17)8(15)4-6/h2-5,26H,1H3,(H,18,20)(H,19,21). The number of nitrogens with zero attached hydrogens (tertiary/aromatic N) is 5. The molecule has 0 saturated carbocycles. The second-order valence-electron chi connectivity index (χ2n) is 5.07. The number of hydroxylamine groups is 1. The molecule has 3 N–H and O–H groups in total. The molecule has 13 heteroatoms. The molecular weight excluding hydrogens is 449 g/mol. The van der Waals surface area contributed by atoms with E-state index < -0.39 is 11.7 Å². The third-order valence-corrected chi connectivity index (χ3v) is 4.29. The summed E-state index contributed by atoms with van der Waals surface area (Å²) in [6, 6.07) is 3.96. The van der Waals surface area contributed by atoms with Crippen LogP contribution in [0, 0.1) is 5.82 Å². The van der Waals surface area contributed by atoms with Crippen LogP contribution in [0.4, 0.5) is 15.9 Å². The molecule has 0 bridgehead atoms. The van der Waals surface area contributed by atoms with E-state index in [-0.39, 0.29) is 32.5 Å². The lowest BCUT2D eigenvalue weighted by Gasteiger charge is -2.14. The fourth-order valence-corrected chi connectivity index (χ4v) is 2.61. The van der Waals surface area contributed by atoms with Crippen molar-refractivity contribution in [3.63, 3.8) is 0 Å². The minimum atomic E-state index is -0.549. The van der Waals surface area contributed by atoms with Crippen LogP contribution in [0.25, 0.3) is 0 Å². The molecule has 1 aromatic carbocycles. The van der Waals surface area contributed by atoms with E-state index in [4.69, 9.17) is 11.6 Å². The molecule has 27 heavy (non-hydrogen) atoms. The summed E-state index contributed by atoms with van der Waals surface area (Å²) in [5, 5.41) is 22.9. The quantitative estimate of drug-likeness (QED) is 0.311. The van der Waals surface area contributed by atoms with Gasteiger partial charge in [-0.3, -0.25) is 25.5 Å². The first kappa shape index (κ1) is 18.9. The predicted octanol–water partition coefficient (Wildman–Crippen LogP) is 2.68. The van der Waals surface area contributed by atoms with Crippen molar-refractivity contribution < 1.29 is 19.0 Å². The van der Waals surface area contributed by atoms with Crippen molar-refractivity contribution in [3.8, 4) is 0 Å². The molecular formula is C14H10BrClFN7O3. The molecule has 10 nitrogen and oxygen atoms in total. The summed E-state index contributed by atoms with van der Waals surface area (Å²) >= 11 is 8.91. The van der Waals surface area contributed by atoms with E-state index in [1.165, 1.54) is 31.4 Å². The number of rotatable bonds is 4. The van der Waals surface area contributed by atoms with Crippen molar-refractivity contribution in [1.29, 1.82) is 0 Å². The number of hydrogen-bond acceptors (Lipinski definition) is 7. The number of amides is 1. The predicted molar refractivity (Wildman–Crippen MR) is 95.8 cm³/mol. The molecule has 1 amide bonds. The maximum atomic E-state index is 13.4. The summed E-state index contributed by atoms with van der Waals surface area (Å²) in [6.45, 7) is 0. The highest BCUT2D eigenvalue weighted by Gasteiger charge is 2.26. The molecule has 2 heterocycles. The Balaban J connectivity index is 1.96. The summed E-state index contributed by atoms with van der Waals surface area (Å²) in [4.78, 5) is 17.7. The minimum Gasteiger partial charge on any atom is -0.291 e. The van der Waals surface area contributed by atoms with Crippen LogP contribution in [0.1, 0.15) is 16.1 Å². The minimum absolute atomic E-state index is 0.0428. The maximum absolute atomic E-state index is 13.4. The summed E-state index contributed by atoms with van der Waals surface area (Å²) in [7, 11) is 1.40. The molecule has 3 rings (SSSR count). The van der Waals surface area contributed by atoms with Crippen LogP contribution < -0.4 is 10.4 Å². The number of nitrogens with one attached hydrogen (secondary N) is 2. The van der Waals surface area contributed by atoms with Crippen LogP contribution in [0.15, 0.2) is 38.5 Å². The number of H-pyrrole nitrogens is 1. The van der Waals surface area contributed by atoms with E-state index in [9.17, 15) is 14.4 Å². The Labute approximate surface area is 164 Å². The molecule has 0 fully saturated rings. The smallest absolute Gasteiger partial charge is 0.264 e. The third kappa shape index (κ3) is 3.82. The lowest BCUT2D eigenvalue weighted by molar-refractivity contribution is 0.0991. The van der Waals surface area contributed by atoms with Gasteiger partial charge in [-0.25, -0.2) is 14.0 Å². The number of anilines is 1. The fraction of sp³-hybridized carbons (Fsp3) is 0.0714. The van der Waals surface area contributed by atoms with Gasteiger partial charge in [-0.05, 0) is 44.4 Å². The van der Waals surface area contributed by atoms with Crippen molar-refractivity contribution in [1.82, 2.24) is 26.0 Å². The molecule has 140 valence electrons. The van der Waals surface area contributed by atoms with Gasteiger partial charge in [0.25, 0.3) is 5.91 Å². The summed E-state index contributed by atoms with van der Waals surface area (Å²) in [5.41, 5.74) is 2.20. The lowest BCUT2D eigenvalue weighted by atomic mass is 10.3. The number of aromatic amines is 1. The Kier molecular flexibility index (Phi) is 5.48. The fourth-order valence-electron chi connectivity index (χ4n) is 2.06. The SMILES string of the molecule is CN(C(=O)c1cn[nH]c1Cl)c1nonc1C(=Nc1ccc(F)c(Br)c1)NO. The van der Waals surface area contributed by atoms with E-state index in [0.717, 1.165) is 4.90 Å². The Hall–Kier alpha value is -2.83. The van der Waals surface area contributed by atoms with Gasteiger partial charge in [0.1, 0.15) is 11.0 Å². The van der Waals surface area contributed by atoms with Crippen LogP contribution in [0.3, 0.4) is 0 Å². The van der Waals surface area contributed by atoms with Gasteiger partial charge < -0.3 is 0 Å². The Morgan fingerprint density at radius 3 is 2.89 bits per heavy atom. The first-order valence-electron chi connectivity index (χ1n) is 7.16. The number of halogens is 3. The molecule has 0 saturated heterocycles. The first-order chi connectivity index (χ1) is 12.9. The maximum Gasteiger partial charge on any atom is 0.264 e. The molecule has 2 aromatic heterocycles. The highest BCUT2D eigenvalue weighted by atomic mass is 79.9. The van der Waals surface area contributed by atoms with E-state index in [1.807, 2.05) is 5.48 Å². The van der Waals surface area contributed by atoms with Crippen LogP contribution >= 0.6 is 27.5 Å². The zero-order chi connectivity index (χ0) is 19.6. The van der Waals surface area contributed by atoms with Gasteiger partial charge in [0, 0.05) is 7.05 Å². The Bertz CT molecular complexity index is 1020. The molecule has 0 atom stereocenters. The number of aromatic nitrogens is 4. The lowest BCUT2D eigenvalue weighted by Crippen LogP contribution is -2.30. The average Bonchev–Trinajstić information content (AvgIpc) is 3.30. The largest absolute Gasteiger partial charge is 0.291 e. The number of amidine groups is 1. The van der Waals surface area contributed by atoms with E-state index in [0.29, 0.717) is 5.69 Å². The van der Waals surface area contributed by atoms with Crippen LogP contribution in [-0.4, -0.2) is 44.5 Å². The van der Waals surface area contributed by atoms with Gasteiger partial charge in [-0.15, -0.1) is 0 Å². The summed E-state index contributed by atoms with van der Waals surface area (Å²) in [6.07, 6.45) is 1.25. The molecule has 0 aliphatic heterocycles. The van der Waals surface area contributed by atoms with Crippen molar-refractivity contribution in [2.75, 3.05) is 11.9 Å². The second kappa shape index (κ2) is 7.82. The highest BCUT2D eigenvalue weighted by molar-refractivity contribution is 9.10. The normalized spacial score (nSPS) is 11.5. The van der Waals surface area contributed by atoms with Gasteiger partial charge in [0.15, 0.2) is 11.5 Å². The number of carbonyl (C=O) groups excluding carboxylic acids is 1. The highest BCUT2D eigenvalue weighted by Crippen LogP contribution is 2.24.